The Hall–Kier alpha value is -2.14. The number of ether oxygens (including phenoxy) is 1. The summed E-state index contributed by atoms with van der Waals surface area (Å²) in [5.74, 6) is -0.178. The van der Waals surface area contributed by atoms with E-state index in [-0.39, 0.29) is 10.7 Å². The van der Waals surface area contributed by atoms with Gasteiger partial charge in [-0.25, -0.2) is 14.8 Å². The summed E-state index contributed by atoms with van der Waals surface area (Å²) >= 11 is 5.70. The highest BCUT2D eigenvalue weighted by Gasteiger charge is 2.13. The predicted molar refractivity (Wildman–Crippen MR) is 66.0 cm³/mol. The van der Waals surface area contributed by atoms with Gasteiger partial charge in [0.2, 0.25) is 0 Å². The van der Waals surface area contributed by atoms with Gasteiger partial charge >= 0.3 is 5.97 Å². The summed E-state index contributed by atoms with van der Waals surface area (Å²) in [6.45, 7) is 0. The lowest BCUT2D eigenvalue weighted by Gasteiger charge is -2.04. The lowest BCUT2D eigenvalue weighted by atomic mass is 10.2. The van der Waals surface area contributed by atoms with E-state index in [1.54, 1.807) is 31.4 Å². The molecule has 1 aromatic heterocycles. The number of nitrogens with zero attached hydrogens (tertiary/aromatic N) is 2. The lowest BCUT2D eigenvalue weighted by Crippen LogP contribution is -2.03. The molecule has 2 aromatic rings. The van der Waals surface area contributed by atoms with Crippen LogP contribution in [0.15, 0.2) is 30.5 Å². The summed E-state index contributed by atoms with van der Waals surface area (Å²) in [4.78, 5) is 18.8. The zero-order chi connectivity index (χ0) is 13.1. The van der Waals surface area contributed by atoms with Gasteiger partial charge < -0.3 is 9.84 Å². The van der Waals surface area contributed by atoms with Gasteiger partial charge in [0.25, 0.3) is 0 Å². The first-order valence-corrected chi connectivity index (χ1v) is 5.40. The van der Waals surface area contributed by atoms with Gasteiger partial charge in [0.1, 0.15) is 5.75 Å². The molecule has 1 aromatic carbocycles. The first-order chi connectivity index (χ1) is 8.61. The molecule has 0 bridgehead atoms. The highest BCUT2D eigenvalue weighted by Crippen LogP contribution is 2.21. The molecule has 0 aliphatic heterocycles. The predicted octanol–water partition coefficient (Wildman–Crippen LogP) is 2.50. The Kier molecular flexibility index (Phi) is 3.43. The van der Waals surface area contributed by atoms with E-state index >= 15 is 0 Å². The Balaban J connectivity index is 2.44. The average molecular weight is 265 g/mol. The molecule has 92 valence electrons. The maximum atomic E-state index is 10.9. The number of hydrogen-bond acceptors (Lipinski definition) is 4. The third-order valence-corrected chi connectivity index (χ3v) is 2.57. The Labute approximate surface area is 108 Å². The van der Waals surface area contributed by atoms with E-state index in [2.05, 4.69) is 9.97 Å². The van der Waals surface area contributed by atoms with Crippen LogP contribution in [0.25, 0.3) is 11.4 Å². The standard InChI is InChI=1S/C12H9ClN2O3/c1-18-8-4-2-7(3-5-8)11-14-6-9(13)10(15-11)12(16)17/h2-6H,1H3,(H,16,17). The van der Waals surface area contributed by atoms with E-state index in [1.165, 1.54) is 6.20 Å². The number of carboxylic acids is 1. The summed E-state index contributed by atoms with van der Waals surface area (Å²) in [6.07, 6.45) is 1.28. The van der Waals surface area contributed by atoms with E-state index in [0.717, 1.165) is 0 Å². The van der Waals surface area contributed by atoms with Crippen molar-refractivity contribution >= 4 is 17.6 Å². The Morgan fingerprint density at radius 2 is 2.00 bits per heavy atom. The molecule has 0 aliphatic rings. The molecule has 5 nitrogen and oxygen atoms in total. The minimum absolute atomic E-state index is 0.0137. The van der Waals surface area contributed by atoms with Crippen molar-refractivity contribution in [2.45, 2.75) is 0 Å². The van der Waals surface area contributed by atoms with E-state index in [4.69, 9.17) is 21.4 Å². The summed E-state index contributed by atoms with van der Waals surface area (Å²) in [7, 11) is 1.57. The van der Waals surface area contributed by atoms with Crippen LogP contribution < -0.4 is 4.74 Å². The molecule has 0 aliphatic carbocycles. The molecule has 0 saturated heterocycles. The number of hydrogen-bond donors (Lipinski definition) is 1. The number of halogens is 1. The smallest absolute Gasteiger partial charge is 0.356 e. The van der Waals surface area contributed by atoms with E-state index in [1.807, 2.05) is 0 Å². The van der Waals surface area contributed by atoms with Gasteiger partial charge in [-0.1, -0.05) is 11.6 Å². The molecule has 18 heavy (non-hydrogen) atoms. The van der Waals surface area contributed by atoms with Crippen LogP contribution in [0.2, 0.25) is 5.02 Å². The molecule has 6 heteroatoms. The number of benzene rings is 1. The second-order valence-corrected chi connectivity index (χ2v) is 3.83. The number of rotatable bonds is 3. The first kappa shape index (κ1) is 12.3. The van der Waals surface area contributed by atoms with Crippen LogP contribution in [-0.4, -0.2) is 28.2 Å². The topological polar surface area (TPSA) is 72.3 Å². The summed E-state index contributed by atoms with van der Waals surface area (Å²) in [5.41, 5.74) is 0.479. The Morgan fingerprint density at radius 3 is 2.56 bits per heavy atom. The minimum atomic E-state index is -1.18. The summed E-state index contributed by atoms with van der Waals surface area (Å²) in [5, 5.41) is 8.94. The minimum Gasteiger partial charge on any atom is -0.497 e. The van der Waals surface area contributed by atoms with E-state index < -0.39 is 5.97 Å². The van der Waals surface area contributed by atoms with Crippen LogP contribution in [0.4, 0.5) is 0 Å². The van der Waals surface area contributed by atoms with Gasteiger partial charge in [-0.2, -0.15) is 0 Å². The number of aromatic nitrogens is 2. The Morgan fingerprint density at radius 1 is 1.33 bits per heavy atom. The van der Waals surface area contributed by atoms with Crippen molar-refractivity contribution in [1.82, 2.24) is 9.97 Å². The van der Waals surface area contributed by atoms with Gasteiger partial charge in [-0.15, -0.1) is 0 Å². The zero-order valence-electron chi connectivity index (χ0n) is 9.42. The second-order valence-electron chi connectivity index (χ2n) is 3.42. The van der Waals surface area contributed by atoms with E-state index in [9.17, 15) is 4.79 Å². The number of aromatic carboxylic acids is 1. The fourth-order valence-corrected chi connectivity index (χ4v) is 1.57. The van der Waals surface area contributed by atoms with Crippen LogP contribution in [-0.2, 0) is 0 Å². The molecule has 2 rings (SSSR count). The van der Waals surface area contributed by atoms with Crippen LogP contribution in [0.3, 0.4) is 0 Å². The monoisotopic (exact) mass is 264 g/mol. The van der Waals surface area contributed by atoms with Crippen molar-refractivity contribution in [1.29, 1.82) is 0 Å². The van der Waals surface area contributed by atoms with Crippen LogP contribution in [0, 0.1) is 0 Å². The first-order valence-electron chi connectivity index (χ1n) is 5.02. The molecule has 0 fully saturated rings. The highest BCUT2D eigenvalue weighted by atomic mass is 35.5. The van der Waals surface area contributed by atoms with Crippen molar-refractivity contribution < 1.29 is 14.6 Å². The number of carbonyl (C=O) groups is 1. The summed E-state index contributed by atoms with van der Waals surface area (Å²) < 4.78 is 5.03. The van der Waals surface area contributed by atoms with Crippen molar-refractivity contribution in [2.75, 3.05) is 7.11 Å². The van der Waals surface area contributed by atoms with Gasteiger partial charge in [0.05, 0.1) is 18.3 Å². The van der Waals surface area contributed by atoms with Gasteiger partial charge in [-0.3, -0.25) is 0 Å². The van der Waals surface area contributed by atoms with Crippen molar-refractivity contribution in [3.8, 4) is 17.1 Å². The SMILES string of the molecule is COc1ccc(-c2ncc(Cl)c(C(=O)O)n2)cc1. The maximum Gasteiger partial charge on any atom is 0.356 e. The fraction of sp³-hybridized carbons (Fsp3) is 0.0833. The van der Waals surface area contributed by atoms with Crippen LogP contribution in [0.5, 0.6) is 5.75 Å². The summed E-state index contributed by atoms with van der Waals surface area (Å²) in [6, 6.07) is 6.98. The molecule has 0 atom stereocenters. The zero-order valence-corrected chi connectivity index (χ0v) is 10.2. The second kappa shape index (κ2) is 5.01. The number of methoxy groups -OCH3 is 1. The third-order valence-electron chi connectivity index (χ3n) is 2.29. The van der Waals surface area contributed by atoms with E-state index in [0.29, 0.717) is 17.1 Å². The van der Waals surface area contributed by atoms with Gasteiger partial charge in [0, 0.05) is 5.56 Å². The fourth-order valence-electron chi connectivity index (χ4n) is 1.40. The average Bonchev–Trinajstić information content (AvgIpc) is 2.39. The Bertz CT molecular complexity index is 584. The maximum absolute atomic E-state index is 10.9. The third kappa shape index (κ3) is 2.41. The normalized spacial score (nSPS) is 10.1. The van der Waals surface area contributed by atoms with Crippen molar-refractivity contribution in [3.05, 3.63) is 41.2 Å². The molecule has 0 unspecified atom stereocenters. The molecular weight excluding hydrogens is 256 g/mol. The highest BCUT2D eigenvalue weighted by molar-refractivity contribution is 6.33. The quantitative estimate of drug-likeness (QED) is 0.922. The van der Waals surface area contributed by atoms with Crippen molar-refractivity contribution in [3.63, 3.8) is 0 Å². The molecule has 0 radical (unpaired) electrons. The lowest BCUT2D eigenvalue weighted by molar-refractivity contribution is 0.0690. The number of carboxylic acid groups (broad SMARTS) is 1. The molecule has 0 saturated carbocycles. The van der Waals surface area contributed by atoms with Crippen LogP contribution >= 0.6 is 11.6 Å². The molecular formula is C12H9ClN2O3. The van der Waals surface area contributed by atoms with Crippen LogP contribution in [0.1, 0.15) is 10.5 Å². The molecule has 1 N–H and O–H groups in total. The molecule has 0 spiro atoms. The molecule has 1 heterocycles. The van der Waals surface area contributed by atoms with Gasteiger partial charge in [0.15, 0.2) is 11.5 Å². The molecule has 0 amide bonds. The largest absolute Gasteiger partial charge is 0.497 e. The van der Waals surface area contributed by atoms with Gasteiger partial charge in [-0.05, 0) is 24.3 Å². The van der Waals surface area contributed by atoms with Crippen molar-refractivity contribution in [2.24, 2.45) is 0 Å².